The molecule has 0 aromatic carbocycles. The van der Waals surface area contributed by atoms with E-state index in [-0.39, 0.29) is 11.3 Å². The molecule has 10 heavy (non-hydrogen) atoms. The fourth-order valence-corrected chi connectivity index (χ4v) is 0.479. The van der Waals surface area contributed by atoms with Crippen molar-refractivity contribution in [3.63, 3.8) is 0 Å². The van der Waals surface area contributed by atoms with Crippen LogP contribution in [-0.2, 0) is 4.79 Å². The molecule has 0 atom stereocenters. The van der Waals surface area contributed by atoms with Crippen molar-refractivity contribution in [2.24, 2.45) is 0 Å². The van der Waals surface area contributed by atoms with Gasteiger partial charge >= 0.3 is 0 Å². The average molecular weight is 138 g/mol. The van der Waals surface area contributed by atoms with Crippen molar-refractivity contribution in [1.29, 1.82) is 0 Å². The van der Waals surface area contributed by atoms with Gasteiger partial charge in [0.1, 0.15) is 5.76 Å². The Morgan fingerprint density at radius 2 is 2.20 bits per heavy atom. The molecular formula is C8H10O2. The Kier molecular flexibility index (Phi) is 3.96. The fraction of sp³-hybridized carbons (Fsp3) is 0.125. The maximum absolute atomic E-state index is 10.2. The van der Waals surface area contributed by atoms with Crippen LogP contribution in [0.15, 0.2) is 36.1 Å². The molecule has 0 amide bonds. The Labute approximate surface area is 60.2 Å². The first-order valence-corrected chi connectivity index (χ1v) is 2.89. The van der Waals surface area contributed by atoms with Gasteiger partial charge in [-0.1, -0.05) is 12.7 Å². The minimum absolute atomic E-state index is 0.0186. The van der Waals surface area contributed by atoms with Gasteiger partial charge in [-0.05, 0) is 19.1 Å². The highest BCUT2D eigenvalue weighted by Crippen LogP contribution is 2.01. The van der Waals surface area contributed by atoms with Gasteiger partial charge in [-0.2, -0.15) is 0 Å². The summed E-state index contributed by atoms with van der Waals surface area (Å²) in [5, 5.41) is 8.96. The van der Waals surface area contributed by atoms with Crippen molar-refractivity contribution in [3.05, 3.63) is 36.1 Å². The third-order valence-corrected chi connectivity index (χ3v) is 0.994. The molecule has 0 saturated carbocycles. The molecule has 0 rings (SSSR count). The van der Waals surface area contributed by atoms with Gasteiger partial charge in [-0.25, -0.2) is 0 Å². The predicted molar refractivity (Wildman–Crippen MR) is 40.7 cm³/mol. The summed E-state index contributed by atoms with van der Waals surface area (Å²) in [6, 6.07) is 0. The van der Waals surface area contributed by atoms with Gasteiger partial charge in [-0.15, -0.1) is 0 Å². The largest absolute Gasteiger partial charge is 0.508 e. The van der Waals surface area contributed by atoms with Crippen molar-refractivity contribution in [3.8, 4) is 0 Å². The first-order chi connectivity index (χ1) is 4.76. The molecule has 0 aromatic rings. The number of hydrogen-bond acceptors (Lipinski definition) is 2. The van der Waals surface area contributed by atoms with Crippen molar-refractivity contribution in [2.45, 2.75) is 6.92 Å². The summed E-state index contributed by atoms with van der Waals surface area (Å²) in [5.74, 6) is -0.0186. The lowest BCUT2D eigenvalue weighted by Crippen LogP contribution is -1.88. The monoisotopic (exact) mass is 138 g/mol. The van der Waals surface area contributed by atoms with Gasteiger partial charge in [0, 0.05) is 0 Å². The van der Waals surface area contributed by atoms with Crippen LogP contribution in [0.4, 0.5) is 0 Å². The third kappa shape index (κ3) is 2.31. The zero-order valence-electron chi connectivity index (χ0n) is 5.87. The maximum Gasteiger partial charge on any atom is 0.153 e. The molecule has 0 radical (unpaired) electrons. The zero-order valence-corrected chi connectivity index (χ0v) is 5.87. The van der Waals surface area contributed by atoms with Gasteiger partial charge in [0.2, 0.25) is 0 Å². The first kappa shape index (κ1) is 8.69. The molecule has 2 nitrogen and oxygen atoms in total. The number of aldehydes is 1. The van der Waals surface area contributed by atoms with E-state index in [2.05, 4.69) is 6.58 Å². The highest BCUT2D eigenvalue weighted by atomic mass is 16.3. The molecule has 0 aliphatic rings. The standard InChI is InChI=1S/C8H10O2/c1-3-5-7(6-9)8(10)4-2/h3-6,10H,1H2,2H3/b7-5-,8-4+. The average Bonchev–Trinajstić information content (AvgIpc) is 1.99. The second-order valence-electron chi connectivity index (χ2n) is 1.65. The SMILES string of the molecule is C=C/C=C(C=O)\C(O)=C/C. The third-order valence-electron chi connectivity index (χ3n) is 0.994. The van der Waals surface area contributed by atoms with E-state index < -0.39 is 0 Å². The lowest BCUT2D eigenvalue weighted by Gasteiger charge is -1.93. The number of aliphatic hydroxyl groups is 1. The van der Waals surface area contributed by atoms with Gasteiger partial charge in [0.05, 0.1) is 5.57 Å². The summed E-state index contributed by atoms with van der Waals surface area (Å²) in [6.45, 7) is 5.04. The second kappa shape index (κ2) is 4.56. The second-order valence-corrected chi connectivity index (χ2v) is 1.65. The topological polar surface area (TPSA) is 37.3 Å². The number of carbonyl (C=O) groups excluding carboxylic acids is 1. The van der Waals surface area contributed by atoms with Crippen LogP contribution in [0.5, 0.6) is 0 Å². The van der Waals surface area contributed by atoms with E-state index in [0.717, 1.165) is 0 Å². The summed E-state index contributed by atoms with van der Waals surface area (Å²) in [4.78, 5) is 10.2. The Hall–Kier alpha value is -1.31. The first-order valence-electron chi connectivity index (χ1n) is 2.89. The molecular weight excluding hydrogens is 128 g/mol. The minimum atomic E-state index is -0.0186. The number of rotatable bonds is 3. The number of hydrogen-bond donors (Lipinski definition) is 1. The molecule has 0 saturated heterocycles. The van der Waals surface area contributed by atoms with E-state index in [1.165, 1.54) is 18.2 Å². The van der Waals surface area contributed by atoms with E-state index in [0.29, 0.717) is 6.29 Å². The molecule has 0 unspecified atom stereocenters. The summed E-state index contributed by atoms with van der Waals surface area (Å²) < 4.78 is 0. The van der Waals surface area contributed by atoms with Gasteiger partial charge in [0.25, 0.3) is 0 Å². The summed E-state index contributed by atoms with van der Waals surface area (Å²) >= 11 is 0. The molecule has 1 N–H and O–H groups in total. The van der Waals surface area contributed by atoms with E-state index in [1.807, 2.05) is 0 Å². The molecule has 0 heterocycles. The normalized spacial score (nSPS) is 12.9. The quantitative estimate of drug-likeness (QED) is 0.279. The molecule has 54 valence electrons. The molecule has 0 fully saturated rings. The highest BCUT2D eigenvalue weighted by molar-refractivity contribution is 5.79. The molecule has 0 aromatic heterocycles. The van der Waals surface area contributed by atoms with Gasteiger partial charge < -0.3 is 5.11 Å². The van der Waals surface area contributed by atoms with E-state index in [4.69, 9.17) is 5.11 Å². The number of carbonyl (C=O) groups is 1. The van der Waals surface area contributed by atoms with Crippen LogP contribution in [0, 0.1) is 0 Å². The minimum Gasteiger partial charge on any atom is -0.508 e. The van der Waals surface area contributed by atoms with Crippen LogP contribution in [0.3, 0.4) is 0 Å². The Morgan fingerprint density at radius 1 is 1.60 bits per heavy atom. The van der Waals surface area contributed by atoms with Crippen molar-refractivity contribution >= 4 is 6.29 Å². The highest BCUT2D eigenvalue weighted by Gasteiger charge is 1.96. The van der Waals surface area contributed by atoms with Gasteiger partial charge in [0.15, 0.2) is 6.29 Å². The van der Waals surface area contributed by atoms with Crippen molar-refractivity contribution in [1.82, 2.24) is 0 Å². The Bertz CT molecular complexity index is 187. The van der Waals surface area contributed by atoms with E-state index >= 15 is 0 Å². The Morgan fingerprint density at radius 3 is 2.50 bits per heavy atom. The summed E-state index contributed by atoms with van der Waals surface area (Å²) in [5.41, 5.74) is 0.248. The van der Waals surface area contributed by atoms with E-state index in [9.17, 15) is 4.79 Å². The smallest absolute Gasteiger partial charge is 0.153 e. The van der Waals surface area contributed by atoms with Crippen LogP contribution in [0.2, 0.25) is 0 Å². The maximum atomic E-state index is 10.2. The molecule has 0 bridgehead atoms. The van der Waals surface area contributed by atoms with E-state index in [1.54, 1.807) is 6.92 Å². The Balaban J connectivity index is 4.51. The zero-order chi connectivity index (χ0) is 7.98. The van der Waals surface area contributed by atoms with Crippen LogP contribution in [0.1, 0.15) is 6.92 Å². The lowest BCUT2D eigenvalue weighted by molar-refractivity contribution is -0.104. The summed E-state index contributed by atoms with van der Waals surface area (Å²) in [6.07, 6.45) is 4.92. The molecule has 0 aliphatic carbocycles. The van der Waals surface area contributed by atoms with Gasteiger partial charge in [-0.3, -0.25) is 4.79 Å². The van der Waals surface area contributed by atoms with Crippen LogP contribution in [0.25, 0.3) is 0 Å². The summed E-state index contributed by atoms with van der Waals surface area (Å²) in [7, 11) is 0. The van der Waals surface area contributed by atoms with Crippen molar-refractivity contribution in [2.75, 3.05) is 0 Å². The number of allylic oxidation sites excluding steroid dienone is 4. The predicted octanol–water partition coefficient (Wildman–Crippen LogP) is 1.76. The number of aliphatic hydroxyl groups excluding tert-OH is 1. The van der Waals surface area contributed by atoms with Crippen LogP contribution < -0.4 is 0 Å². The molecule has 2 heteroatoms. The van der Waals surface area contributed by atoms with Crippen LogP contribution >= 0.6 is 0 Å². The fourth-order valence-electron chi connectivity index (χ4n) is 0.479. The van der Waals surface area contributed by atoms with Crippen LogP contribution in [-0.4, -0.2) is 11.4 Å². The lowest BCUT2D eigenvalue weighted by atomic mass is 10.2. The molecule has 0 aliphatic heterocycles. The molecule has 0 spiro atoms. The van der Waals surface area contributed by atoms with Crippen molar-refractivity contribution < 1.29 is 9.90 Å².